The summed E-state index contributed by atoms with van der Waals surface area (Å²) in [6, 6.07) is 3.54. The van der Waals surface area contributed by atoms with Gasteiger partial charge in [-0.1, -0.05) is 0 Å². The number of hydrogen-bond acceptors (Lipinski definition) is 6. The minimum Gasteiger partial charge on any atom is -0.396 e. The van der Waals surface area contributed by atoms with Crippen LogP contribution < -0.4 is 11.1 Å². The largest absolute Gasteiger partial charge is 0.396 e. The van der Waals surface area contributed by atoms with Crippen molar-refractivity contribution >= 4 is 22.7 Å². The van der Waals surface area contributed by atoms with E-state index in [4.69, 9.17) is 10.8 Å². The minimum atomic E-state index is 0.154. The lowest BCUT2D eigenvalue weighted by molar-refractivity contribution is 0.292. The molecule has 84 valence electrons. The summed E-state index contributed by atoms with van der Waals surface area (Å²) in [5.41, 5.74) is 6.14. The third-order valence-electron chi connectivity index (χ3n) is 2.15. The Morgan fingerprint density at radius 3 is 3.00 bits per heavy atom. The van der Waals surface area contributed by atoms with Gasteiger partial charge in [0.1, 0.15) is 18.0 Å². The van der Waals surface area contributed by atoms with Gasteiger partial charge in [0, 0.05) is 13.2 Å². The van der Waals surface area contributed by atoms with Crippen LogP contribution in [0.25, 0.3) is 11.0 Å². The lowest BCUT2D eigenvalue weighted by Crippen LogP contribution is -2.06. The number of nitrogens with two attached hydrogens (primary N) is 1. The Hall–Kier alpha value is -1.95. The Labute approximate surface area is 92.6 Å². The lowest BCUT2D eigenvalue weighted by Gasteiger charge is -2.06. The molecule has 0 unspecified atom stereocenters. The van der Waals surface area contributed by atoms with Crippen molar-refractivity contribution in [3.63, 3.8) is 0 Å². The van der Waals surface area contributed by atoms with Gasteiger partial charge in [-0.05, 0) is 18.6 Å². The van der Waals surface area contributed by atoms with Crippen LogP contribution in [0.1, 0.15) is 6.42 Å². The van der Waals surface area contributed by atoms with Crippen LogP contribution in [0.3, 0.4) is 0 Å². The normalized spacial score (nSPS) is 10.6. The molecule has 0 aromatic carbocycles. The summed E-state index contributed by atoms with van der Waals surface area (Å²) in [5.74, 6) is 1.15. The highest BCUT2D eigenvalue weighted by atomic mass is 16.3. The van der Waals surface area contributed by atoms with Gasteiger partial charge in [0.25, 0.3) is 0 Å². The van der Waals surface area contributed by atoms with Crippen molar-refractivity contribution in [2.75, 3.05) is 24.2 Å². The molecule has 2 rings (SSSR count). The number of fused-ring (bicyclic) bond motifs is 1. The molecule has 2 aromatic rings. The minimum absolute atomic E-state index is 0.154. The highest BCUT2D eigenvalue weighted by molar-refractivity contribution is 5.86. The van der Waals surface area contributed by atoms with Crippen LogP contribution in [0.2, 0.25) is 0 Å². The fourth-order valence-corrected chi connectivity index (χ4v) is 1.38. The molecule has 0 spiro atoms. The van der Waals surface area contributed by atoms with Crippen LogP contribution in [0.15, 0.2) is 18.5 Å². The van der Waals surface area contributed by atoms with Crippen molar-refractivity contribution in [2.24, 2.45) is 0 Å². The van der Waals surface area contributed by atoms with Gasteiger partial charge < -0.3 is 16.2 Å². The van der Waals surface area contributed by atoms with E-state index in [-0.39, 0.29) is 6.61 Å². The van der Waals surface area contributed by atoms with Crippen LogP contribution in [0, 0.1) is 0 Å². The van der Waals surface area contributed by atoms with Crippen LogP contribution in [-0.2, 0) is 0 Å². The summed E-state index contributed by atoms with van der Waals surface area (Å²) in [6.45, 7) is 0.814. The average Bonchev–Trinajstić information content (AvgIpc) is 2.29. The van der Waals surface area contributed by atoms with Gasteiger partial charge in [-0.3, -0.25) is 0 Å². The zero-order valence-corrected chi connectivity index (χ0v) is 8.72. The van der Waals surface area contributed by atoms with Crippen molar-refractivity contribution in [3.05, 3.63) is 18.5 Å². The fraction of sp³-hybridized carbons (Fsp3) is 0.300. The van der Waals surface area contributed by atoms with Gasteiger partial charge >= 0.3 is 0 Å². The summed E-state index contributed by atoms with van der Waals surface area (Å²) in [6.07, 6.45) is 2.12. The molecule has 6 heteroatoms. The molecule has 0 amide bonds. The molecule has 0 aliphatic rings. The first kappa shape index (κ1) is 10.6. The first-order valence-corrected chi connectivity index (χ1v) is 5.03. The fourth-order valence-electron chi connectivity index (χ4n) is 1.38. The summed E-state index contributed by atoms with van der Waals surface area (Å²) < 4.78 is 0. The van der Waals surface area contributed by atoms with E-state index in [2.05, 4.69) is 20.3 Å². The van der Waals surface area contributed by atoms with Gasteiger partial charge in [0.05, 0.1) is 5.39 Å². The SMILES string of the molecule is Nc1ccc2c(NCCCO)ncnc2n1. The van der Waals surface area contributed by atoms with Crippen molar-refractivity contribution in [1.29, 1.82) is 0 Å². The standard InChI is InChI=1S/C10H13N5O/c11-8-3-2-7-9(12-4-1-5-16)13-6-14-10(7)15-8/h2-3,6,16H,1,4-5H2,(H3,11,12,13,14,15). The number of hydrogen-bond donors (Lipinski definition) is 3. The van der Waals surface area contributed by atoms with Gasteiger partial charge in [0.15, 0.2) is 5.65 Å². The number of pyridine rings is 1. The molecule has 4 N–H and O–H groups in total. The van der Waals surface area contributed by atoms with Crippen molar-refractivity contribution in [2.45, 2.75) is 6.42 Å². The van der Waals surface area contributed by atoms with Gasteiger partial charge in [0.2, 0.25) is 0 Å². The molecule has 0 atom stereocenters. The van der Waals surface area contributed by atoms with Crippen LogP contribution in [0.4, 0.5) is 11.6 Å². The van der Waals surface area contributed by atoms with E-state index in [0.717, 1.165) is 5.39 Å². The number of anilines is 2. The summed E-state index contributed by atoms with van der Waals surface area (Å²) >= 11 is 0. The molecule has 0 aliphatic heterocycles. The quantitative estimate of drug-likeness (QED) is 0.644. The third kappa shape index (κ3) is 2.17. The molecule has 0 saturated heterocycles. The predicted molar refractivity (Wildman–Crippen MR) is 61.9 cm³/mol. The van der Waals surface area contributed by atoms with Crippen LogP contribution >= 0.6 is 0 Å². The molecule has 0 bridgehead atoms. The number of rotatable bonds is 4. The van der Waals surface area contributed by atoms with Gasteiger partial charge in [-0.15, -0.1) is 0 Å². The number of nitrogens with zero attached hydrogens (tertiary/aromatic N) is 3. The van der Waals surface area contributed by atoms with Crippen molar-refractivity contribution in [3.8, 4) is 0 Å². The summed E-state index contributed by atoms with van der Waals surface area (Å²) in [5, 5.41) is 12.6. The van der Waals surface area contributed by atoms with E-state index in [0.29, 0.717) is 30.2 Å². The number of aliphatic hydroxyl groups excluding tert-OH is 1. The zero-order valence-electron chi connectivity index (χ0n) is 8.72. The van der Waals surface area contributed by atoms with E-state index >= 15 is 0 Å². The highest BCUT2D eigenvalue weighted by Gasteiger charge is 2.03. The molecule has 2 aromatic heterocycles. The van der Waals surface area contributed by atoms with E-state index < -0.39 is 0 Å². The van der Waals surface area contributed by atoms with Gasteiger partial charge in [-0.25, -0.2) is 15.0 Å². The Kier molecular flexibility index (Phi) is 3.11. The number of aliphatic hydroxyl groups is 1. The van der Waals surface area contributed by atoms with E-state index in [9.17, 15) is 0 Å². The van der Waals surface area contributed by atoms with E-state index in [1.165, 1.54) is 6.33 Å². The Balaban J connectivity index is 2.30. The third-order valence-corrected chi connectivity index (χ3v) is 2.15. The molecular weight excluding hydrogens is 206 g/mol. The second-order valence-electron chi connectivity index (χ2n) is 3.33. The van der Waals surface area contributed by atoms with Crippen molar-refractivity contribution < 1.29 is 5.11 Å². The predicted octanol–water partition coefficient (Wildman–Crippen LogP) is 0.401. The average molecular weight is 219 g/mol. The molecule has 2 heterocycles. The van der Waals surface area contributed by atoms with Crippen LogP contribution in [-0.4, -0.2) is 33.2 Å². The summed E-state index contributed by atoms with van der Waals surface area (Å²) in [7, 11) is 0. The molecule has 0 radical (unpaired) electrons. The second-order valence-corrected chi connectivity index (χ2v) is 3.33. The molecular formula is C10H13N5O. The maximum absolute atomic E-state index is 8.69. The number of nitrogen functional groups attached to an aromatic ring is 1. The number of aromatic nitrogens is 3. The molecule has 16 heavy (non-hydrogen) atoms. The maximum Gasteiger partial charge on any atom is 0.166 e. The highest BCUT2D eigenvalue weighted by Crippen LogP contribution is 2.18. The Bertz CT molecular complexity index is 488. The van der Waals surface area contributed by atoms with Crippen LogP contribution in [0.5, 0.6) is 0 Å². The Morgan fingerprint density at radius 1 is 1.31 bits per heavy atom. The molecule has 0 aliphatic carbocycles. The van der Waals surface area contributed by atoms with E-state index in [1.807, 2.05) is 6.07 Å². The van der Waals surface area contributed by atoms with Gasteiger partial charge in [-0.2, -0.15) is 0 Å². The van der Waals surface area contributed by atoms with Crippen molar-refractivity contribution in [1.82, 2.24) is 15.0 Å². The first-order valence-electron chi connectivity index (χ1n) is 5.03. The molecule has 0 saturated carbocycles. The van der Waals surface area contributed by atoms with E-state index in [1.54, 1.807) is 6.07 Å². The smallest absolute Gasteiger partial charge is 0.166 e. The Morgan fingerprint density at radius 2 is 2.19 bits per heavy atom. The maximum atomic E-state index is 8.69. The summed E-state index contributed by atoms with van der Waals surface area (Å²) in [4.78, 5) is 12.3. The topological polar surface area (TPSA) is 97.0 Å². The lowest BCUT2D eigenvalue weighted by atomic mass is 10.3. The second kappa shape index (κ2) is 4.71. The molecule has 0 fully saturated rings. The first-order chi connectivity index (χ1) is 7.81. The molecule has 6 nitrogen and oxygen atoms in total. The monoisotopic (exact) mass is 219 g/mol. The number of nitrogens with one attached hydrogen (secondary N) is 1. The zero-order chi connectivity index (χ0) is 11.4.